The van der Waals surface area contributed by atoms with Gasteiger partial charge in [-0.3, -0.25) is 4.98 Å². The van der Waals surface area contributed by atoms with E-state index in [1.807, 2.05) is 0 Å². The van der Waals surface area contributed by atoms with Crippen LogP contribution in [0.15, 0.2) is 12.4 Å². The van der Waals surface area contributed by atoms with Gasteiger partial charge in [0.2, 0.25) is 0 Å². The van der Waals surface area contributed by atoms with Crippen LogP contribution in [-0.2, 0) is 0 Å². The lowest BCUT2D eigenvalue weighted by Crippen LogP contribution is -1.97. The number of hydrogen-bond donors (Lipinski definition) is 1. The lowest BCUT2D eigenvalue weighted by Gasteiger charge is -2.02. The highest BCUT2D eigenvalue weighted by Crippen LogP contribution is 2.42. The van der Waals surface area contributed by atoms with Crippen LogP contribution in [0.25, 0.3) is 0 Å². The molecule has 0 radical (unpaired) electrons. The van der Waals surface area contributed by atoms with Crippen molar-refractivity contribution in [3.63, 3.8) is 0 Å². The molecule has 0 unspecified atom stereocenters. The van der Waals surface area contributed by atoms with Crippen LogP contribution in [0.5, 0.6) is 0 Å². The summed E-state index contributed by atoms with van der Waals surface area (Å²) in [6, 6.07) is 0. The second-order valence-corrected chi connectivity index (χ2v) is 2.90. The Labute approximate surface area is 64.2 Å². The zero-order valence-corrected chi connectivity index (χ0v) is 6.05. The van der Waals surface area contributed by atoms with Crippen LogP contribution in [0.4, 0.5) is 10.1 Å². The van der Waals surface area contributed by atoms with Crippen molar-refractivity contribution < 1.29 is 4.39 Å². The van der Waals surface area contributed by atoms with E-state index in [0.717, 1.165) is 24.6 Å². The number of nitrogen functional groups attached to an aromatic ring is 1. The Morgan fingerprint density at radius 2 is 2.18 bits per heavy atom. The Hall–Kier alpha value is -1.12. The van der Waals surface area contributed by atoms with E-state index in [1.165, 1.54) is 0 Å². The van der Waals surface area contributed by atoms with Crippen LogP contribution in [-0.4, -0.2) is 4.98 Å². The molecule has 0 aliphatic heterocycles. The highest BCUT2D eigenvalue weighted by Gasteiger charge is 2.26. The molecule has 0 aromatic carbocycles. The molecule has 1 aromatic rings. The van der Waals surface area contributed by atoms with E-state index in [2.05, 4.69) is 4.98 Å². The van der Waals surface area contributed by atoms with Crippen molar-refractivity contribution >= 4 is 5.69 Å². The van der Waals surface area contributed by atoms with Gasteiger partial charge < -0.3 is 5.73 Å². The zero-order chi connectivity index (χ0) is 7.84. The third kappa shape index (κ3) is 1.06. The Morgan fingerprint density at radius 1 is 1.45 bits per heavy atom. The summed E-state index contributed by atoms with van der Waals surface area (Å²) in [6.45, 7) is 0. The van der Waals surface area contributed by atoms with E-state index in [9.17, 15) is 4.39 Å². The molecule has 1 aliphatic carbocycles. The Bertz CT molecular complexity index is 281. The van der Waals surface area contributed by atoms with Gasteiger partial charge in [0.05, 0.1) is 11.9 Å². The molecular formula is C8H9FN2. The lowest BCUT2D eigenvalue weighted by atomic mass is 10.1. The summed E-state index contributed by atoms with van der Waals surface area (Å²) in [5.41, 5.74) is 6.67. The van der Waals surface area contributed by atoms with Gasteiger partial charge in [0.1, 0.15) is 0 Å². The first-order valence-electron chi connectivity index (χ1n) is 3.68. The maximum atomic E-state index is 12.8. The molecule has 0 spiro atoms. The van der Waals surface area contributed by atoms with Crippen LogP contribution in [0.2, 0.25) is 0 Å². The molecule has 2 nitrogen and oxygen atoms in total. The second-order valence-electron chi connectivity index (χ2n) is 2.90. The minimum Gasteiger partial charge on any atom is -0.396 e. The van der Waals surface area contributed by atoms with Crippen molar-refractivity contribution in [2.24, 2.45) is 0 Å². The summed E-state index contributed by atoms with van der Waals surface area (Å²) >= 11 is 0. The standard InChI is InChI=1S/C8H9FN2/c9-7-4-11-3-6(8(7)10)5-1-2-5/h3-5H,1-2H2,(H2,10,11). The summed E-state index contributed by atoms with van der Waals surface area (Å²) in [6.07, 6.45) is 5.06. The van der Waals surface area contributed by atoms with E-state index in [0.29, 0.717) is 5.92 Å². The van der Waals surface area contributed by atoms with E-state index in [-0.39, 0.29) is 5.69 Å². The van der Waals surface area contributed by atoms with Crippen LogP contribution < -0.4 is 5.73 Å². The summed E-state index contributed by atoms with van der Waals surface area (Å²) in [4.78, 5) is 3.75. The van der Waals surface area contributed by atoms with Gasteiger partial charge in [-0.05, 0) is 24.3 Å². The molecule has 1 aliphatic rings. The molecule has 2 rings (SSSR count). The maximum Gasteiger partial charge on any atom is 0.164 e. The van der Waals surface area contributed by atoms with Crippen LogP contribution in [0, 0.1) is 5.82 Å². The molecule has 1 saturated carbocycles. The highest BCUT2D eigenvalue weighted by molar-refractivity contribution is 5.49. The van der Waals surface area contributed by atoms with Crippen molar-refractivity contribution in [3.8, 4) is 0 Å². The Balaban J connectivity index is 2.45. The zero-order valence-electron chi connectivity index (χ0n) is 6.05. The fourth-order valence-corrected chi connectivity index (χ4v) is 1.18. The van der Waals surface area contributed by atoms with Gasteiger partial charge >= 0.3 is 0 Å². The number of pyridine rings is 1. The van der Waals surface area contributed by atoms with Crippen LogP contribution in [0.1, 0.15) is 24.3 Å². The first-order chi connectivity index (χ1) is 5.29. The molecule has 1 heterocycles. The average molecular weight is 152 g/mol. The number of aromatic nitrogens is 1. The molecule has 0 saturated heterocycles. The summed E-state index contributed by atoms with van der Waals surface area (Å²) in [7, 11) is 0. The molecule has 1 aromatic heterocycles. The maximum absolute atomic E-state index is 12.8. The topological polar surface area (TPSA) is 38.9 Å². The monoisotopic (exact) mass is 152 g/mol. The molecule has 0 atom stereocenters. The minimum atomic E-state index is -0.394. The Kier molecular flexibility index (Phi) is 1.31. The highest BCUT2D eigenvalue weighted by atomic mass is 19.1. The first kappa shape index (κ1) is 6.58. The van der Waals surface area contributed by atoms with E-state index < -0.39 is 5.82 Å². The van der Waals surface area contributed by atoms with Gasteiger partial charge in [0.25, 0.3) is 0 Å². The quantitative estimate of drug-likeness (QED) is 0.664. The first-order valence-corrected chi connectivity index (χ1v) is 3.68. The number of nitrogens with two attached hydrogens (primary N) is 1. The van der Waals surface area contributed by atoms with Crippen LogP contribution in [0.3, 0.4) is 0 Å². The van der Waals surface area contributed by atoms with Gasteiger partial charge in [-0.2, -0.15) is 0 Å². The molecule has 1 fully saturated rings. The SMILES string of the molecule is Nc1c(F)cncc1C1CC1. The van der Waals surface area contributed by atoms with Crippen molar-refractivity contribution in [1.29, 1.82) is 0 Å². The predicted molar refractivity (Wildman–Crippen MR) is 40.6 cm³/mol. The summed E-state index contributed by atoms with van der Waals surface area (Å²) in [5.74, 6) is 0.0765. The molecular weight excluding hydrogens is 143 g/mol. The lowest BCUT2D eigenvalue weighted by molar-refractivity contribution is 0.624. The molecule has 11 heavy (non-hydrogen) atoms. The van der Waals surface area contributed by atoms with E-state index in [1.54, 1.807) is 6.20 Å². The largest absolute Gasteiger partial charge is 0.396 e. The molecule has 0 bridgehead atoms. The Morgan fingerprint density at radius 3 is 2.82 bits per heavy atom. The summed E-state index contributed by atoms with van der Waals surface area (Å²) < 4.78 is 12.8. The van der Waals surface area contributed by atoms with Crippen molar-refractivity contribution in [3.05, 3.63) is 23.8 Å². The number of nitrogens with zero attached hydrogens (tertiary/aromatic N) is 1. The normalized spacial score (nSPS) is 16.8. The van der Waals surface area contributed by atoms with Crippen molar-refractivity contribution in [1.82, 2.24) is 4.98 Å². The summed E-state index contributed by atoms with van der Waals surface area (Å²) in [5, 5.41) is 0. The van der Waals surface area contributed by atoms with Gasteiger partial charge in [0, 0.05) is 6.20 Å². The third-order valence-electron chi connectivity index (χ3n) is 1.99. The minimum absolute atomic E-state index is 0.280. The number of halogens is 1. The molecule has 2 N–H and O–H groups in total. The van der Waals surface area contributed by atoms with Gasteiger partial charge in [-0.25, -0.2) is 4.39 Å². The molecule has 3 heteroatoms. The van der Waals surface area contributed by atoms with E-state index in [4.69, 9.17) is 5.73 Å². The van der Waals surface area contributed by atoms with Gasteiger partial charge in [-0.15, -0.1) is 0 Å². The second kappa shape index (κ2) is 2.19. The van der Waals surface area contributed by atoms with E-state index >= 15 is 0 Å². The van der Waals surface area contributed by atoms with Gasteiger partial charge in [0.15, 0.2) is 5.82 Å². The van der Waals surface area contributed by atoms with Crippen molar-refractivity contribution in [2.75, 3.05) is 5.73 Å². The predicted octanol–water partition coefficient (Wildman–Crippen LogP) is 1.68. The molecule has 58 valence electrons. The third-order valence-corrected chi connectivity index (χ3v) is 1.99. The fraction of sp³-hybridized carbons (Fsp3) is 0.375. The smallest absolute Gasteiger partial charge is 0.164 e. The number of hydrogen-bond acceptors (Lipinski definition) is 2. The average Bonchev–Trinajstić information content (AvgIpc) is 2.77. The number of rotatable bonds is 1. The van der Waals surface area contributed by atoms with Crippen molar-refractivity contribution in [2.45, 2.75) is 18.8 Å². The van der Waals surface area contributed by atoms with Gasteiger partial charge in [-0.1, -0.05) is 0 Å². The molecule has 0 amide bonds. The number of anilines is 1. The fourth-order valence-electron chi connectivity index (χ4n) is 1.18. The van der Waals surface area contributed by atoms with Crippen LogP contribution >= 0.6 is 0 Å².